The van der Waals surface area contributed by atoms with Crippen LogP contribution in [0, 0.1) is 0 Å². The summed E-state index contributed by atoms with van der Waals surface area (Å²) in [5.74, 6) is -2.68. The molecular formula is C12H24N4O4. The van der Waals surface area contributed by atoms with E-state index in [1.165, 1.54) is 13.8 Å². The molecule has 0 aliphatic rings. The van der Waals surface area contributed by atoms with Gasteiger partial charge in [0.1, 0.15) is 13.5 Å². The fourth-order valence-corrected chi connectivity index (χ4v) is 1.35. The minimum absolute atomic E-state index is 0.328. The Labute approximate surface area is 121 Å². The van der Waals surface area contributed by atoms with Gasteiger partial charge < -0.3 is 27.2 Å². The van der Waals surface area contributed by atoms with Crippen molar-refractivity contribution in [1.82, 2.24) is 10.6 Å². The van der Waals surface area contributed by atoms with E-state index in [1.54, 1.807) is 0 Å². The molecule has 0 spiro atoms. The Morgan fingerprint density at radius 3 is 2.40 bits per heavy atom. The number of aliphatic carboxylic acids is 1. The lowest BCUT2D eigenvalue weighted by molar-refractivity contribution is -0.141. The molecule has 0 unspecified atom stereocenters. The lowest BCUT2D eigenvalue weighted by Crippen LogP contribution is -2.52. The van der Waals surface area contributed by atoms with Crippen LogP contribution in [0.3, 0.4) is 0 Å². The Hall–Kier alpha value is -1.67. The highest BCUT2D eigenvalue weighted by atomic mass is 16.4. The summed E-state index contributed by atoms with van der Waals surface area (Å²) in [5.41, 5.74) is 7.42. The van der Waals surface area contributed by atoms with Gasteiger partial charge >= 0.3 is 5.97 Å². The van der Waals surface area contributed by atoms with E-state index < -0.39 is 35.9 Å². The molecule has 0 aromatic carbocycles. The molecule has 3 atom stereocenters. The van der Waals surface area contributed by atoms with Gasteiger partial charge in [0.15, 0.2) is 1.41 Å². The molecule has 0 aliphatic heterocycles. The van der Waals surface area contributed by atoms with Crippen molar-refractivity contribution in [3.8, 4) is 0 Å². The molecule has 0 saturated carbocycles. The first-order valence-electron chi connectivity index (χ1n) is 7.43. The first-order valence-corrected chi connectivity index (χ1v) is 6.48. The van der Waals surface area contributed by atoms with Crippen molar-refractivity contribution in [2.24, 2.45) is 11.5 Å². The third-order valence-electron chi connectivity index (χ3n) is 2.67. The van der Waals surface area contributed by atoms with Gasteiger partial charge in [-0.3, -0.25) is 14.4 Å². The largest absolute Gasteiger partial charge is 0.480 e. The molecule has 8 nitrogen and oxygen atoms in total. The number of nitrogens with one attached hydrogen (secondary N) is 2. The van der Waals surface area contributed by atoms with Gasteiger partial charge in [0.25, 0.3) is 0 Å². The molecule has 2 amide bonds. The summed E-state index contributed by atoms with van der Waals surface area (Å²) in [6, 6.07) is -3.19. The molecule has 0 radical (unpaired) electrons. The zero-order valence-electron chi connectivity index (χ0n) is 13.8. The van der Waals surface area contributed by atoms with Crippen LogP contribution in [0.4, 0.5) is 0 Å². The fourth-order valence-electron chi connectivity index (χ4n) is 1.35. The van der Waals surface area contributed by atoms with E-state index >= 15 is 0 Å². The Morgan fingerprint density at radius 1 is 1.25 bits per heavy atom. The Morgan fingerprint density at radius 2 is 1.90 bits per heavy atom. The predicted molar refractivity (Wildman–Crippen MR) is 73.7 cm³/mol. The number of carbonyl (C=O) groups excluding carboxylic acids is 2. The SMILES string of the molecule is [2H]N[C@@H](CCCCN)C(=O)N([2H])[C@@H](C)C(=O)N[C@@H](C)C(=O)O. The third kappa shape index (κ3) is 7.05. The molecule has 8 heteroatoms. The van der Waals surface area contributed by atoms with Crippen molar-refractivity contribution in [1.29, 1.82) is 0 Å². The summed E-state index contributed by atoms with van der Waals surface area (Å²) in [6.07, 6.45) is 1.63. The Balaban J connectivity index is 4.63. The number of unbranched alkanes of at least 4 members (excludes halogenated alkanes) is 1. The van der Waals surface area contributed by atoms with Gasteiger partial charge in [-0.05, 0) is 33.2 Å². The van der Waals surface area contributed by atoms with Gasteiger partial charge in [0, 0.05) is 0 Å². The summed E-state index contributed by atoms with van der Waals surface area (Å²) in [5, 5.41) is 11.4. The van der Waals surface area contributed by atoms with E-state index in [0.717, 1.165) is 0 Å². The lowest BCUT2D eigenvalue weighted by Gasteiger charge is -2.18. The van der Waals surface area contributed by atoms with E-state index in [2.05, 4.69) is 11.0 Å². The van der Waals surface area contributed by atoms with Gasteiger partial charge in [0.2, 0.25) is 11.8 Å². The van der Waals surface area contributed by atoms with Crippen LogP contribution in [-0.2, 0) is 14.4 Å². The van der Waals surface area contributed by atoms with Crippen LogP contribution < -0.4 is 22.1 Å². The smallest absolute Gasteiger partial charge is 0.325 e. The zero-order valence-corrected chi connectivity index (χ0v) is 11.8. The number of carboxylic acid groups (broad SMARTS) is 1. The lowest BCUT2D eigenvalue weighted by atomic mass is 10.1. The average Bonchev–Trinajstić information content (AvgIpc) is 2.49. The molecule has 0 aromatic heterocycles. The van der Waals surface area contributed by atoms with Crippen LogP contribution in [0.25, 0.3) is 0 Å². The molecule has 0 fully saturated rings. The van der Waals surface area contributed by atoms with Crippen LogP contribution in [0.5, 0.6) is 0 Å². The second-order valence-corrected chi connectivity index (χ2v) is 4.55. The molecule has 0 rings (SSSR count). The number of rotatable bonds is 10. The van der Waals surface area contributed by atoms with Crippen molar-refractivity contribution >= 4 is 17.8 Å². The molecule has 116 valence electrons. The van der Waals surface area contributed by atoms with Crippen molar-refractivity contribution in [3.63, 3.8) is 0 Å². The quantitative estimate of drug-likeness (QED) is 0.310. The molecular weight excluding hydrogens is 264 g/mol. The van der Waals surface area contributed by atoms with Crippen molar-refractivity contribution < 1.29 is 22.3 Å². The highest BCUT2D eigenvalue weighted by Gasteiger charge is 2.22. The van der Waals surface area contributed by atoms with Gasteiger partial charge in [-0.15, -0.1) is 0 Å². The van der Waals surface area contributed by atoms with E-state index in [-0.39, 0.29) is 0 Å². The maximum absolute atomic E-state index is 12.1. The maximum Gasteiger partial charge on any atom is 0.325 e. The summed E-state index contributed by atoms with van der Waals surface area (Å²) >= 11 is 0. The van der Waals surface area contributed by atoms with Crippen LogP contribution >= 0.6 is 0 Å². The third-order valence-corrected chi connectivity index (χ3v) is 2.67. The highest BCUT2D eigenvalue weighted by molar-refractivity contribution is 5.91. The highest BCUT2D eigenvalue weighted by Crippen LogP contribution is 1.98. The van der Waals surface area contributed by atoms with E-state index in [0.29, 0.717) is 31.1 Å². The second-order valence-electron chi connectivity index (χ2n) is 4.55. The number of hydrogen-bond donors (Lipinski definition) is 5. The summed E-state index contributed by atoms with van der Waals surface area (Å²) < 4.78 is 14.9. The molecule has 0 saturated heterocycles. The monoisotopic (exact) mass is 290 g/mol. The van der Waals surface area contributed by atoms with Crippen LogP contribution in [0.15, 0.2) is 0 Å². The molecule has 0 aromatic rings. The summed E-state index contributed by atoms with van der Waals surface area (Å²) in [4.78, 5) is 34.5. The Bertz CT molecular complexity index is 397. The predicted octanol–water partition coefficient (Wildman–Crippen LogP) is -1.46. The van der Waals surface area contributed by atoms with E-state index in [1.807, 2.05) is 0 Å². The van der Waals surface area contributed by atoms with E-state index in [4.69, 9.17) is 13.7 Å². The number of nitrogens with two attached hydrogens (primary N) is 2. The molecule has 0 aliphatic carbocycles. The normalized spacial score (nSPS) is 16.4. The first-order chi connectivity index (χ1) is 10.3. The van der Waals surface area contributed by atoms with Crippen LogP contribution in [0.1, 0.15) is 33.1 Å². The van der Waals surface area contributed by atoms with Crippen molar-refractivity contribution in [2.75, 3.05) is 6.54 Å². The number of carboxylic acids is 1. The topological polar surface area (TPSA) is 148 Å². The summed E-state index contributed by atoms with van der Waals surface area (Å²) in [7, 11) is 0. The summed E-state index contributed by atoms with van der Waals surface area (Å²) in [6.45, 7) is 3.06. The van der Waals surface area contributed by atoms with Gasteiger partial charge in [-0.2, -0.15) is 0 Å². The number of hydrogen-bond acceptors (Lipinski definition) is 5. The molecule has 0 heterocycles. The molecule has 20 heavy (non-hydrogen) atoms. The fraction of sp³-hybridized carbons (Fsp3) is 0.750. The number of amides is 2. The maximum atomic E-state index is 12.1. The van der Waals surface area contributed by atoms with Gasteiger partial charge in [-0.25, -0.2) is 0 Å². The first kappa shape index (κ1) is 14.7. The van der Waals surface area contributed by atoms with E-state index in [9.17, 15) is 14.4 Å². The second kappa shape index (κ2) is 9.27. The minimum Gasteiger partial charge on any atom is -0.480 e. The van der Waals surface area contributed by atoms with Gasteiger partial charge in [0.05, 0.1) is 6.04 Å². The molecule has 0 bridgehead atoms. The Kier molecular flexibility index (Phi) is 6.83. The zero-order chi connectivity index (χ0) is 17.3. The minimum atomic E-state index is -1.21. The van der Waals surface area contributed by atoms with Crippen molar-refractivity contribution in [3.05, 3.63) is 0 Å². The van der Waals surface area contributed by atoms with Crippen LogP contribution in [0.2, 0.25) is 2.82 Å². The standard InChI is InChI=1S/C12H24N4O4/c1-7(10(17)16-8(2)12(19)20)15-11(18)9(14)5-3-4-6-13/h7-9H,3-6,13-14H2,1-2H3,(H,15,18)(H,16,17)(H,19,20)/t7-,8-,9-/m0/s1/i/hD2. The van der Waals surface area contributed by atoms with Gasteiger partial charge in [-0.1, -0.05) is 6.42 Å². The molecule has 7 N–H and O–H groups in total. The number of carbonyl (C=O) groups is 3. The van der Waals surface area contributed by atoms with Crippen LogP contribution in [-0.4, -0.2) is 47.6 Å². The van der Waals surface area contributed by atoms with Crippen molar-refractivity contribution in [2.45, 2.75) is 51.2 Å². The average molecular weight is 290 g/mol.